The molecule has 0 saturated heterocycles. The molecule has 0 amide bonds. The summed E-state index contributed by atoms with van der Waals surface area (Å²) in [6.07, 6.45) is 1.52. The second-order valence-electron chi connectivity index (χ2n) is 3.63. The number of aliphatic hydroxyl groups excluding tert-OH is 1. The largest absolute Gasteiger partial charge is 0.392 e. The molecular formula is C12H9Cl3N2O. The highest BCUT2D eigenvalue weighted by atomic mass is 35.5. The van der Waals surface area contributed by atoms with Gasteiger partial charge in [0.1, 0.15) is 5.82 Å². The molecule has 0 spiro atoms. The number of aliphatic hydroxyl groups is 1. The van der Waals surface area contributed by atoms with Crippen LogP contribution in [0.4, 0.5) is 5.82 Å². The number of aromatic nitrogens is 1. The zero-order valence-corrected chi connectivity index (χ0v) is 11.4. The van der Waals surface area contributed by atoms with Crippen LogP contribution in [0, 0.1) is 0 Å². The molecule has 94 valence electrons. The standard InChI is InChI=1S/C12H9Cl3N2O/c13-7-3-8(14)11(9(15)4-7)10-6(5-18)1-2-17-12(10)16/h1-4,18H,5H2,(H2,16,17). The molecule has 6 heteroatoms. The molecule has 2 aromatic rings. The maximum absolute atomic E-state index is 9.35. The Balaban J connectivity index is 2.77. The molecule has 0 unspecified atom stereocenters. The fourth-order valence-electron chi connectivity index (χ4n) is 1.72. The topological polar surface area (TPSA) is 59.1 Å². The zero-order chi connectivity index (χ0) is 13.3. The predicted octanol–water partition coefficient (Wildman–Crippen LogP) is 3.78. The lowest BCUT2D eigenvalue weighted by molar-refractivity contribution is 0.282. The normalized spacial score (nSPS) is 10.7. The Morgan fingerprint density at radius 3 is 2.28 bits per heavy atom. The lowest BCUT2D eigenvalue weighted by Gasteiger charge is -2.13. The SMILES string of the molecule is Nc1nccc(CO)c1-c1c(Cl)cc(Cl)cc1Cl. The number of benzene rings is 1. The van der Waals surface area contributed by atoms with Gasteiger partial charge in [0.25, 0.3) is 0 Å². The Morgan fingerprint density at radius 2 is 1.72 bits per heavy atom. The number of nitrogens with two attached hydrogens (primary N) is 1. The zero-order valence-electron chi connectivity index (χ0n) is 9.12. The third-order valence-electron chi connectivity index (χ3n) is 2.49. The van der Waals surface area contributed by atoms with Crippen molar-refractivity contribution < 1.29 is 5.11 Å². The minimum atomic E-state index is -0.183. The maximum atomic E-state index is 9.35. The fourth-order valence-corrected chi connectivity index (χ4v) is 2.73. The maximum Gasteiger partial charge on any atom is 0.131 e. The van der Waals surface area contributed by atoms with Crippen LogP contribution in [0.3, 0.4) is 0 Å². The molecule has 2 rings (SSSR count). The summed E-state index contributed by atoms with van der Waals surface area (Å²) in [5.41, 5.74) is 7.50. The van der Waals surface area contributed by atoms with Gasteiger partial charge in [-0.05, 0) is 23.8 Å². The van der Waals surface area contributed by atoms with E-state index >= 15 is 0 Å². The average molecular weight is 304 g/mol. The fraction of sp³-hybridized carbons (Fsp3) is 0.0833. The molecular weight excluding hydrogens is 295 g/mol. The van der Waals surface area contributed by atoms with Crippen LogP contribution in [-0.4, -0.2) is 10.1 Å². The van der Waals surface area contributed by atoms with E-state index in [1.54, 1.807) is 18.2 Å². The number of pyridine rings is 1. The third-order valence-corrected chi connectivity index (χ3v) is 3.31. The van der Waals surface area contributed by atoms with Gasteiger partial charge in [0.15, 0.2) is 0 Å². The number of hydrogen-bond acceptors (Lipinski definition) is 3. The van der Waals surface area contributed by atoms with Gasteiger partial charge in [-0.25, -0.2) is 4.98 Å². The quantitative estimate of drug-likeness (QED) is 0.887. The van der Waals surface area contributed by atoms with Gasteiger partial charge in [0.2, 0.25) is 0 Å². The highest BCUT2D eigenvalue weighted by Crippen LogP contribution is 2.40. The molecule has 1 aromatic carbocycles. The summed E-state index contributed by atoms with van der Waals surface area (Å²) in [5, 5.41) is 10.5. The minimum absolute atomic E-state index is 0.183. The van der Waals surface area contributed by atoms with Gasteiger partial charge in [0, 0.05) is 22.3 Å². The van der Waals surface area contributed by atoms with Gasteiger partial charge in [-0.15, -0.1) is 0 Å². The molecule has 0 bridgehead atoms. The van der Waals surface area contributed by atoms with Crippen molar-refractivity contribution in [2.75, 3.05) is 5.73 Å². The summed E-state index contributed by atoms with van der Waals surface area (Å²) in [6.45, 7) is -0.183. The molecule has 0 aliphatic rings. The Hall–Kier alpha value is -1.000. The molecule has 0 saturated carbocycles. The van der Waals surface area contributed by atoms with Gasteiger partial charge in [-0.1, -0.05) is 34.8 Å². The van der Waals surface area contributed by atoms with Crippen molar-refractivity contribution in [3.63, 3.8) is 0 Å². The number of anilines is 1. The third kappa shape index (κ3) is 2.40. The van der Waals surface area contributed by atoms with Crippen molar-refractivity contribution in [3.05, 3.63) is 45.0 Å². The first-order chi connectivity index (χ1) is 8.54. The smallest absolute Gasteiger partial charge is 0.131 e. The van der Waals surface area contributed by atoms with Crippen molar-refractivity contribution in [1.82, 2.24) is 4.98 Å². The highest BCUT2D eigenvalue weighted by Gasteiger charge is 2.16. The second-order valence-corrected chi connectivity index (χ2v) is 4.88. The molecule has 0 radical (unpaired) electrons. The molecule has 3 N–H and O–H groups in total. The summed E-state index contributed by atoms with van der Waals surface area (Å²) in [6, 6.07) is 4.79. The van der Waals surface area contributed by atoms with Gasteiger partial charge >= 0.3 is 0 Å². The summed E-state index contributed by atoms with van der Waals surface area (Å²) in [7, 11) is 0. The molecule has 3 nitrogen and oxygen atoms in total. The monoisotopic (exact) mass is 302 g/mol. The molecule has 1 heterocycles. The molecule has 0 atom stereocenters. The van der Waals surface area contributed by atoms with Gasteiger partial charge in [-0.3, -0.25) is 0 Å². The lowest BCUT2D eigenvalue weighted by atomic mass is 10.0. The van der Waals surface area contributed by atoms with E-state index in [-0.39, 0.29) is 12.4 Å². The van der Waals surface area contributed by atoms with Crippen LogP contribution >= 0.6 is 34.8 Å². The Kier molecular flexibility index (Phi) is 3.97. The van der Waals surface area contributed by atoms with E-state index in [1.165, 1.54) is 6.20 Å². The van der Waals surface area contributed by atoms with Crippen LogP contribution in [0.25, 0.3) is 11.1 Å². The average Bonchev–Trinajstić information content (AvgIpc) is 2.29. The molecule has 0 aliphatic heterocycles. The van der Waals surface area contributed by atoms with Gasteiger partial charge in [-0.2, -0.15) is 0 Å². The first-order valence-electron chi connectivity index (χ1n) is 5.03. The molecule has 0 fully saturated rings. The Morgan fingerprint density at radius 1 is 1.11 bits per heavy atom. The van der Waals surface area contributed by atoms with Gasteiger partial charge < -0.3 is 10.8 Å². The number of halogens is 3. The highest BCUT2D eigenvalue weighted by molar-refractivity contribution is 6.42. The first-order valence-corrected chi connectivity index (χ1v) is 6.17. The summed E-state index contributed by atoms with van der Waals surface area (Å²) >= 11 is 18.1. The van der Waals surface area contributed by atoms with Crippen molar-refractivity contribution in [3.8, 4) is 11.1 Å². The summed E-state index contributed by atoms with van der Waals surface area (Å²) in [4.78, 5) is 3.99. The number of rotatable bonds is 2. The van der Waals surface area contributed by atoms with E-state index in [2.05, 4.69) is 4.98 Å². The van der Waals surface area contributed by atoms with Crippen LogP contribution in [0.2, 0.25) is 15.1 Å². The van der Waals surface area contributed by atoms with E-state index in [0.717, 1.165) is 0 Å². The number of hydrogen-bond donors (Lipinski definition) is 2. The van der Waals surface area contributed by atoms with Crippen molar-refractivity contribution in [2.45, 2.75) is 6.61 Å². The minimum Gasteiger partial charge on any atom is -0.392 e. The van der Waals surface area contributed by atoms with Crippen molar-refractivity contribution in [2.24, 2.45) is 0 Å². The number of nitrogen functional groups attached to an aromatic ring is 1. The van der Waals surface area contributed by atoms with Crippen LogP contribution in [-0.2, 0) is 6.61 Å². The summed E-state index contributed by atoms with van der Waals surface area (Å²) in [5.74, 6) is 0.257. The van der Waals surface area contributed by atoms with Crippen LogP contribution < -0.4 is 5.73 Å². The molecule has 18 heavy (non-hydrogen) atoms. The van der Waals surface area contributed by atoms with Crippen LogP contribution in [0.1, 0.15) is 5.56 Å². The number of nitrogens with zero attached hydrogens (tertiary/aromatic N) is 1. The van der Waals surface area contributed by atoms with E-state index in [9.17, 15) is 5.11 Å². The predicted molar refractivity (Wildman–Crippen MR) is 75.0 cm³/mol. The Labute approximate surface area is 119 Å². The van der Waals surface area contributed by atoms with Crippen molar-refractivity contribution >= 4 is 40.6 Å². The molecule has 1 aromatic heterocycles. The van der Waals surface area contributed by atoms with E-state index in [4.69, 9.17) is 40.5 Å². The van der Waals surface area contributed by atoms with Gasteiger partial charge in [0.05, 0.1) is 16.7 Å². The lowest BCUT2D eigenvalue weighted by Crippen LogP contribution is -2.00. The van der Waals surface area contributed by atoms with Crippen LogP contribution in [0.5, 0.6) is 0 Å². The van der Waals surface area contributed by atoms with Crippen molar-refractivity contribution in [1.29, 1.82) is 0 Å². The second kappa shape index (κ2) is 5.33. The Bertz CT molecular complexity index is 579. The first kappa shape index (κ1) is 13.4. The van der Waals surface area contributed by atoms with E-state index < -0.39 is 0 Å². The van der Waals surface area contributed by atoms with E-state index in [0.29, 0.717) is 31.8 Å². The molecule has 0 aliphatic carbocycles. The van der Waals surface area contributed by atoms with E-state index in [1.807, 2.05) is 0 Å². The van der Waals surface area contributed by atoms with Crippen LogP contribution in [0.15, 0.2) is 24.4 Å². The summed E-state index contributed by atoms with van der Waals surface area (Å²) < 4.78 is 0.